The summed E-state index contributed by atoms with van der Waals surface area (Å²) in [6, 6.07) is 9.46. The third kappa shape index (κ3) is 5.77. The summed E-state index contributed by atoms with van der Waals surface area (Å²) in [5.41, 5.74) is 1.64. The van der Waals surface area contributed by atoms with E-state index in [1.165, 1.54) is 7.11 Å². The zero-order valence-electron chi connectivity index (χ0n) is 20.4. The lowest BCUT2D eigenvalue weighted by atomic mass is 10.0. The summed E-state index contributed by atoms with van der Waals surface area (Å²) in [6.45, 7) is 8.74. The van der Waals surface area contributed by atoms with Crippen LogP contribution in [0.2, 0.25) is 0 Å². The molecule has 1 fully saturated rings. The predicted octanol–water partition coefficient (Wildman–Crippen LogP) is 2.58. The Morgan fingerprint density at radius 3 is 2.44 bits per heavy atom. The standard InChI is InChI=1S/C25H32N4O5/c1-16(2)22-21(25(32)33-5)23(27-18(4)26-22)24(31)28-11-12-29(17(3)13-28)20(30)15-34-14-19-9-7-6-8-10-19/h6-10,16-17H,11-15H2,1-5H3. The van der Waals surface area contributed by atoms with Crippen LogP contribution >= 0.6 is 0 Å². The van der Waals surface area contributed by atoms with Gasteiger partial charge in [-0.1, -0.05) is 44.2 Å². The van der Waals surface area contributed by atoms with Crippen molar-refractivity contribution in [2.24, 2.45) is 0 Å². The lowest BCUT2D eigenvalue weighted by Crippen LogP contribution is -2.56. The smallest absolute Gasteiger partial charge is 0.342 e. The van der Waals surface area contributed by atoms with Gasteiger partial charge in [0.2, 0.25) is 5.91 Å². The number of carbonyl (C=O) groups is 3. The minimum Gasteiger partial charge on any atom is -0.465 e. The molecule has 2 heterocycles. The van der Waals surface area contributed by atoms with E-state index in [-0.39, 0.29) is 41.6 Å². The highest BCUT2D eigenvalue weighted by atomic mass is 16.5. The van der Waals surface area contributed by atoms with E-state index in [0.717, 1.165) is 5.56 Å². The van der Waals surface area contributed by atoms with Gasteiger partial charge in [0.15, 0.2) is 0 Å². The van der Waals surface area contributed by atoms with Crippen LogP contribution in [0, 0.1) is 6.92 Å². The number of methoxy groups -OCH3 is 1. The molecule has 182 valence electrons. The van der Waals surface area contributed by atoms with Gasteiger partial charge in [-0.05, 0) is 25.3 Å². The molecule has 1 unspecified atom stereocenters. The maximum Gasteiger partial charge on any atom is 0.342 e. The number of piperazine rings is 1. The Balaban J connectivity index is 1.68. The van der Waals surface area contributed by atoms with Crippen LogP contribution in [0.15, 0.2) is 30.3 Å². The molecule has 0 aliphatic carbocycles. The van der Waals surface area contributed by atoms with Crippen molar-refractivity contribution in [1.29, 1.82) is 0 Å². The van der Waals surface area contributed by atoms with E-state index in [9.17, 15) is 14.4 Å². The summed E-state index contributed by atoms with van der Waals surface area (Å²) < 4.78 is 10.5. The van der Waals surface area contributed by atoms with Crippen LogP contribution in [0.25, 0.3) is 0 Å². The molecule has 0 N–H and O–H groups in total. The fourth-order valence-corrected chi connectivity index (χ4v) is 4.05. The van der Waals surface area contributed by atoms with Gasteiger partial charge in [0.05, 0.1) is 19.4 Å². The molecule has 1 aliphatic heterocycles. The number of nitrogens with zero attached hydrogens (tertiary/aromatic N) is 4. The largest absolute Gasteiger partial charge is 0.465 e. The summed E-state index contributed by atoms with van der Waals surface area (Å²) in [6.07, 6.45) is 0. The fourth-order valence-electron chi connectivity index (χ4n) is 4.05. The first-order chi connectivity index (χ1) is 16.2. The molecule has 9 nitrogen and oxygen atoms in total. The minimum atomic E-state index is -0.635. The van der Waals surface area contributed by atoms with Gasteiger partial charge in [0.1, 0.15) is 23.7 Å². The second-order valence-corrected chi connectivity index (χ2v) is 8.69. The lowest BCUT2D eigenvalue weighted by Gasteiger charge is -2.39. The first kappa shape index (κ1) is 25.3. The number of carbonyl (C=O) groups excluding carboxylic acids is 3. The monoisotopic (exact) mass is 468 g/mol. The first-order valence-corrected chi connectivity index (χ1v) is 11.4. The number of hydrogen-bond acceptors (Lipinski definition) is 7. The van der Waals surface area contributed by atoms with Crippen molar-refractivity contribution < 1.29 is 23.9 Å². The molecule has 1 atom stereocenters. The van der Waals surface area contributed by atoms with Crippen LogP contribution < -0.4 is 0 Å². The van der Waals surface area contributed by atoms with Crippen molar-refractivity contribution >= 4 is 17.8 Å². The molecule has 2 amide bonds. The number of ether oxygens (including phenoxy) is 2. The molecule has 0 saturated carbocycles. The van der Waals surface area contributed by atoms with E-state index >= 15 is 0 Å². The van der Waals surface area contributed by atoms with Crippen molar-refractivity contribution in [3.8, 4) is 0 Å². The van der Waals surface area contributed by atoms with Crippen LogP contribution in [-0.4, -0.2) is 76.9 Å². The van der Waals surface area contributed by atoms with Gasteiger partial charge in [-0.3, -0.25) is 9.59 Å². The lowest BCUT2D eigenvalue weighted by molar-refractivity contribution is -0.140. The molecule has 1 aromatic heterocycles. The molecular formula is C25H32N4O5. The van der Waals surface area contributed by atoms with Gasteiger partial charge >= 0.3 is 5.97 Å². The molecule has 0 spiro atoms. The number of amides is 2. The third-order valence-electron chi connectivity index (χ3n) is 5.76. The molecule has 3 rings (SSSR count). The Morgan fingerprint density at radius 1 is 1.12 bits per heavy atom. The van der Waals surface area contributed by atoms with Crippen LogP contribution in [0.3, 0.4) is 0 Å². The van der Waals surface area contributed by atoms with Gasteiger partial charge in [-0.25, -0.2) is 14.8 Å². The van der Waals surface area contributed by atoms with E-state index < -0.39 is 5.97 Å². The Hall–Kier alpha value is -3.33. The Kier molecular flexibility index (Phi) is 8.33. The zero-order chi connectivity index (χ0) is 24.8. The average molecular weight is 469 g/mol. The molecule has 1 aromatic carbocycles. The van der Waals surface area contributed by atoms with Crippen molar-refractivity contribution in [1.82, 2.24) is 19.8 Å². The molecule has 1 saturated heterocycles. The van der Waals surface area contributed by atoms with Crippen LogP contribution in [0.5, 0.6) is 0 Å². The highest BCUT2D eigenvalue weighted by Gasteiger charge is 2.34. The predicted molar refractivity (Wildman–Crippen MR) is 125 cm³/mol. The SMILES string of the molecule is COC(=O)c1c(C(=O)N2CCN(C(=O)COCc3ccccc3)C(C)C2)nc(C)nc1C(C)C. The third-order valence-corrected chi connectivity index (χ3v) is 5.76. The average Bonchev–Trinajstić information content (AvgIpc) is 2.83. The van der Waals surface area contributed by atoms with Gasteiger partial charge in [0.25, 0.3) is 5.91 Å². The highest BCUT2D eigenvalue weighted by molar-refractivity contribution is 6.04. The summed E-state index contributed by atoms with van der Waals surface area (Å²) in [5.74, 6) is -0.800. The van der Waals surface area contributed by atoms with Crippen LogP contribution in [0.4, 0.5) is 0 Å². The summed E-state index contributed by atoms with van der Waals surface area (Å²) in [4.78, 5) is 50.7. The fraction of sp³-hybridized carbons (Fsp3) is 0.480. The van der Waals surface area contributed by atoms with Crippen LogP contribution in [-0.2, 0) is 20.9 Å². The maximum atomic E-state index is 13.4. The van der Waals surface area contributed by atoms with E-state index in [0.29, 0.717) is 37.8 Å². The quantitative estimate of drug-likeness (QED) is 0.576. The number of rotatable bonds is 7. The van der Waals surface area contributed by atoms with Crippen molar-refractivity contribution in [3.05, 3.63) is 58.7 Å². The molecule has 34 heavy (non-hydrogen) atoms. The molecule has 9 heteroatoms. The highest BCUT2D eigenvalue weighted by Crippen LogP contribution is 2.23. The maximum absolute atomic E-state index is 13.4. The second kappa shape index (κ2) is 11.2. The van der Waals surface area contributed by atoms with E-state index in [1.54, 1.807) is 16.7 Å². The normalized spacial score (nSPS) is 16.0. The minimum absolute atomic E-state index is 0.0253. The summed E-state index contributed by atoms with van der Waals surface area (Å²) in [7, 11) is 1.27. The van der Waals surface area contributed by atoms with Crippen molar-refractivity contribution in [3.63, 3.8) is 0 Å². The van der Waals surface area contributed by atoms with Gasteiger partial charge in [-0.2, -0.15) is 0 Å². The van der Waals surface area contributed by atoms with Crippen LogP contribution in [0.1, 0.15) is 64.6 Å². The number of aromatic nitrogens is 2. The van der Waals surface area contributed by atoms with E-state index in [1.807, 2.05) is 51.1 Å². The second-order valence-electron chi connectivity index (χ2n) is 8.69. The number of hydrogen-bond donors (Lipinski definition) is 0. The molecule has 2 aromatic rings. The molecule has 0 bridgehead atoms. The molecule has 1 aliphatic rings. The van der Waals surface area contributed by atoms with Gasteiger partial charge in [-0.15, -0.1) is 0 Å². The summed E-state index contributed by atoms with van der Waals surface area (Å²) in [5, 5.41) is 0. The van der Waals surface area contributed by atoms with Gasteiger partial charge in [0, 0.05) is 25.7 Å². The summed E-state index contributed by atoms with van der Waals surface area (Å²) >= 11 is 0. The number of aryl methyl sites for hydroxylation is 1. The number of esters is 1. The Bertz CT molecular complexity index is 1040. The topological polar surface area (TPSA) is 102 Å². The van der Waals surface area contributed by atoms with Crippen molar-refractivity contribution in [2.45, 2.75) is 46.3 Å². The number of benzene rings is 1. The van der Waals surface area contributed by atoms with Gasteiger partial charge < -0.3 is 19.3 Å². The van der Waals surface area contributed by atoms with Crippen molar-refractivity contribution in [2.75, 3.05) is 33.4 Å². The van der Waals surface area contributed by atoms with E-state index in [4.69, 9.17) is 9.47 Å². The molecular weight excluding hydrogens is 436 g/mol. The Labute approximate surface area is 200 Å². The zero-order valence-corrected chi connectivity index (χ0v) is 20.4. The molecule has 0 radical (unpaired) electrons. The van der Waals surface area contributed by atoms with E-state index in [2.05, 4.69) is 9.97 Å². The first-order valence-electron chi connectivity index (χ1n) is 11.4. The Morgan fingerprint density at radius 2 is 1.82 bits per heavy atom.